The van der Waals surface area contributed by atoms with Crippen LogP contribution in [0.2, 0.25) is 18.1 Å². The first kappa shape index (κ1) is 18.9. The summed E-state index contributed by atoms with van der Waals surface area (Å²) in [6.45, 7) is 13.7. The fourth-order valence-corrected chi connectivity index (χ4v) is 3.57. The van der Waals surface area contributed by atoms with E-state index in [0.29, 0.717) is 11.7 Å². The van der Waals surface area contributed by atoms with Crippen molar-refractivity contribution >= 4 is 20.3 Å². The zero-order valence-corrected chi connectivity index (χ0v) is 16.2. The van der Waals surface area contributed by atoms with E-state index < -0.39 is 14.3 Å². The molecular weight excluding hydrogens is 325 g/mol. The van der Waals surface area contributed by atoms with Crippen LogP contribution in [0.15, 0.2) is 17.3 Å². The minimum Gasteiger partial charge on any atom is -0.416 e. The van der Waals surface area contributed by atoms with Crippen LogP contribution in [0.5, 0.6) is 0 Å². The number of anilines is 1. The number of hydrogen-bond donors (Lipinski definition) is 1. The van der Waals surface area contributed by atoms with Gasteiger partial charge < -0.3 is 14.5 Å². The van der Waals surface area contributed by atoms with Crippen LogP contribution in [-0.2, 0) is 4.43 Å². The van der Waals surface area contributed by atoms with Crippen LogP contribution in [0, 0.1) is 11.9 Å². The Morgan fingerprint density at radius 3 is 2.75 bits per heavy atom. The van der Waals surface area contributed by atoms with Crippen LogP contribution in [0.3, 0.4) is 0 Å². The van der Waals surface area contributed by atoms with E-state index in [4.69, 9.17) is 9.63 Å². The Morgan fingerprint density at radius 2 is 2.17 bits per heavy atom. The Hall–Kier alpha value is -1.47. The number of pyridine rings is 1. The first-order chi connectivity index (χ1) is 11.1. The Morgan fingerprint density at radius 1 is 1.46 bits per heavy atom. The molecule has 1 saturated heterocycles. The molecule has 0 amide bonds. The van der Waals surface area contributed by atoms with Crippen molar-refractivity contribution < 1.29 is 14.0 Å². The van der Waals surface area contributed by atoms with Crippen molar-refractivity contribution in [2.75, 3.05) is 24.6 Å². The fraction of sp³-hybridized carbons (Fsp3) is 0.647. The maximum absolute atomic E-state index is 13.9. The summed E-state index contributed by atoms with van der Waals surface area (Å²) in [5.41, 5.74) is 0.179. The van der Waals surface area contributed by atoms with Gasteiger partial charge in [-0.25, -0.2) is 4.98 Å². The molecule has 0 aliphatic carbocycles. The normalized spacial score (nSPS) is 19.4. The average molecular weight is 354 g/mol. The van der Waals surface area contributed by atoms with Crippen LogP contribution in [-0.4, -0.2) is 44.4 Å². The topological polar surface area (TPSA) is 58.0 Å². The molecule has 0 radical (unpaired) electrons. The van der Waals surface area contributed by atoms with Crippen molar-refractivity contribution in [1.29, 1.82) is 0 Å². The number of oxime groups is 1. The Bertz CT molecular complexity index is 602. The summed E-state index contributed by atoms with van der Waals surface area (Å²) in [5, 5.41) is 11.5. The average Bonchev–Trinajstić information content (AvgIpc) is 2.95. The second kappa shape index (κ2) is 7.19. The molecule has 0 aromatic carbocycles. The van der Waals surface area contributed by atoms with Gasteiger partial charge in [0.1, 0.15) is 5.82 Å². The van der Waals surface area contributed by atoms with E-state index in [-0.39, 0.29) is 10.6 Å². The Kier molecular flexibility index (Phi) is 5.65. The maximum Gasteiger partial charge on any atom is 0.223 e. The second-order valence-corrected chi connectivity index (χ2v) is 12.8. The van der Waals surface area contributed by atoms with Crippen LogP contribution in [0.1, 0.15) is 32.8 Å². The van der Waals surface area contributed by atoms with Crippen molar-refractivity contribution in [2.45, 2.75) is 45.3 Å². The molecule has 5 nitrogen and oxygen atoms in total. The summed E-state index contributed by atoms with van der Waals surface area (Å²) in [7, 11) is -1.73. The van der Waals surface area contributed by atoms with Crippen LogP contribution >= 0.6 is 0 Å². The van der Waals surface area contributed by atoms with Gasteiger partial charge in [0.2, 0.25) is 5.95 Å². The van der Waals surface area contributed by atoms with Crippen molar-refractivity contribution in [2.24, 2.45) is 11.1 Å². The highest BCUT2D eigenvalue weighted by Gasteiger charge is 2.38. The third kappa shape index (κ3) is 4.33. The van der Waals surface area contributed by atoms with Gasteiger partial charge in [0.25, 0.3) is 0 Å². The number of hydrogen-bond acceptors (Lipinski definition) is 5. The zero-order valence-electron chi connectivity index (χ0n) is 15.2. The molecule has 2 heterocycles. The predicted molar refractivity (Wildman–Crippen MR) is 97.0 cm³/mol. The third-order valence-electron chi connectivity index (χ3n) is 5.16. The van der Waals surface area contributed by atoms with E-state index in [1.807, 2.05) is 0 Å². The Labute approximate surface area is 144 Å². The largest absolute Gasteiger partial charge is 0.416 e. The van der Waals surface area contributed by atoms with Gasteiger partial charge in [-0.15, -0.1) is 0 Å². The van der Waals surface area contributed by atoms with Gasteiger partial charge in [0.05, 0.1) is 11.8 Å². The van der Waals surface area contributed by atoms with E-state index in [2.05, 4.69) is 48.9 Å². The predicted octanol–water partition coefficient (Wildman–Crippen LogP) is 3.88. The summed E-state index contributed by atoms with van der Waals surface area (Å²) in [4.78, 5) is 6.07. The van der Waals surface area contributed by atoms with E-state index in [9.17, 15) is 4.39 Å². The highest BCUT2D eigenvalue weighted by molar-refractivity contribution is 6.74. The molecule has 0 bridgehead atoms. The third-order valence-corrected chi connectivity index (χ3v) is 9.66. The minimum absolute atomic E-state index is 0.179. The molecule has 134 valence electrons. The standard InChI is InChI=1S/C17H28FN3O2Si/c1-17(2,3)24(4,5)23-12-13-8-9-21(11-13)15-7-6-14(10-19-22)16(18)20-15/h6-7,10,13,22H,8-9,11-12H2,1-5H3/b19-10-/t13-/m0/s1. The maximum atomic E-state index is 13.9. The molecule has 24 heavy (non-hydrogen) atoms. The monoisotopic (exact) mass is 353 g/mol. The van der Waals surface area contributed by atoms with Crippen LogP contribution < -0.4 is 4.90 Å². The van der Waals surface area contributed by atoms with E-state index in [1.54, 1.807) is 12.1 Å². The van der Waals surface area contributed by atoms with Gasteiger partial charge in [0, 0.05) is 25.6 Å². The lowest BCUT2D eigenvalue weighted by atomic mass is 10.1. The summed E-state index contributed by atoms with van der Waals surface area (Å²) in [6, 6.07) is 3.34. The van der Waals surface area contributed by atoms with Gasteiger partial charge in [0.15, 0.2) is 8.32 Å². The van der Waals surface area contributed by atoms with Gasteiger partial charge in [-0.3, -0.25) is 0 Å². The highest BCUT2D eigenvalue weighted by Crippen LogP contribution is 2.37. The molecular formula is C17H28FN3O2Si. The molecule has 2 rings (SSSR count). The molecule has 1 N–H and O–H groups in total. The van der Waals surface area contributed by atoms with E-state index in [0.717, 1.165) is 32.3 Å². The number of rotatable bonds is 5. The van der Waals surface area contributed by atoms with Gasteiger partial charge in [-0.1, -0.05) is 25.9 Å². The molecule has 1 aliphatic rings. The first-order valence-electron chi connectivity index (χ1n) is 8.37. The quantitative estimate of drug-likeness (QED) is 0.287. The smallest absolute Gasteiger partial charge is 0.223 e. The van der Waals surface area contributed by atoms with Crippen molar-refractivity contribution in [3.05, 3.63) is 23.6 Å². The summed E-state index contributed by atoms with van der Waals surface area (Å²) >= 11 is 0. The second-order valence-electron chi connectivity index (χ2n) is 7.97. The molecule has 0 spiro atoms. The van der Waals surface area contributed by atoms with Gasteiger partial charge in [-0.2, -0.15) is 4.39 Å². The SMILES string of the molecule is CC(C)(C)[Si](C)(C)OC[C@H]1CCN(c2ccc(/C=N\O)c(F)n2)C1. The highest BCUT2D eigenvalue weighted by atomic mass is 28.4. The lowest BCUT2D eigenvalue weighted by Crippen LogP contribution is -2.42. The molecule has 1 atom stereocenters. The van der Waals surface area contributed by atoms with Crippen LogP contribution in [0.4, 0.5) is 10.2 Å². The van der Waals surface area contributed by atoms with Crippen LogP contribution in [0.25, 0.3) is 0 Å². The van der Waals surface area contributed by atoms with Crippen molar-refractivity contribution in [3.63, 3.8) is 0 Å². The summed E-state index contributed by atoms with van der Waals surface area (Å²) in [6.07, 6.45) is 2.07. The van der Waals surface area contributed by atoms with E-state index in [1.165, 1.54) is 0 Å². The van der Waals surface area contributed by atoms with Crippen molar-refractivity contribution in [1.82, 2.24) is 4.98 Å². The number of nitrogens with zero attached hydrogens (tertiary/aromatic N) is 3. The zero-order chi connectivity index (χ0) is 18.0. The molecule has 0 saturated carbocycles. The van der Waals surface area contributed by atoms with Gasteiger partial charge >= 0.3 is 0 Å². The van der Waals surface area contributed by atoms with Crippen molar-refractivity contribution in [3.8, 4) is 0 Å². The van der Waals surface area contributed by atoms with E-state index >= 15 is 0 Å². The molecule has 1 aromatic heterocycles. The molecule has 1 aromatic rings. The number of aromatic nitrogens is 1. The summed E-state index contributed by atoms with van der Waals surface area (Å²) < 4.78 is 20.2. The van der Waals surface area contributed by atoms with Gasteiger partial charge in [-0.05, 0) is 36.7 Å². The Balaban J connectivity index is 1.95. The number of halogens is 1. The first-order valence-corrected chi connectivity index (χ1v) is 11.3. The molecule has 1 aliphatic heterocycles. The minimum atomic E-state index is -1.73. The lowest BCUT2D eigenvalue weighted by Gasteiger charge is -2.37. The summed E-state index contributed by atoms with van der Waals surface area (Å²) in [5.74, 6) is 0.450. The molecule has 7 heteroatoms. The lowest BCUT2D eigenvalue weighted by molar-refractivity contribution is 0.238. The fourth-order valence-electron chi connectivity index (χ4n) is 2.49. The molecule has 0 unspecified atom stereocenters. The molecule has 1 fully saturated rings.